The van der Waals surface area contributed by atoms with Gasteiger partial charge in [0.15, 0.2) is 0 Å². The van der Waals surface area contributed by atoms with Gasteiger partial charge < -0.3 is 15.1 Å². The van der Waals surface area contributed by atoms with E-state index in [-0.39, 0.29) is 30.6 Å². The number of hydrogen-bond donors (Lipinski definition) is 2. The lowest BCUT2D eigenvalue weighted by Gasteiger charge is -2.27. The molecule has 0 aliphatic carbocycles. The number of rotatable bonds is 1. The Kier molecular flexibility index (Phi) is 3.06. The summed E-state index contributed by atoms with van der Waals surface area (Å²) in [7, 11) is 0. The molecule has 0 saturated heterocycles. The van der Waals surface area contributed by atoms with E-state index in [4.69, 9.17) is 5.11 Å². The van der Waals surface area contributed by atoms with E-state index in [1.54, 1.807) is 0 Å². The number of carbonyl (C=O) groups is 1. The number of benzene rings is 1. The summed E-state index contributed by atoms with van der Waals surface area (Å²) in [5, 5.41) is 18.4. The second-order valence-corrected chi connectivity index (χ2v) is 4.01. The molecule has 0 atom stereocenters. The molecule has 7 heteroatoms. The van der Waals surface area contributed by atoms with Gasteiger partial charge in [-0.2, -0.15) is 0 Å². The molecule has 1 aromatic rings. The molecule has 1 aliphatic heterocycles. The SMILES string of the molecule is O=C(O)N1CCc2c(F)c(C(F)F)cc(O)c2C1. The Bertz CT molecular complexity index is 505. The van der Waals surface area contributed by atoms with Gasteiger partial charge in [0, 0.05) is 12.1 Å². The molecule has 0 aromatic heterocycles. The first-order valence-corrected chi connectivity index (χ1v) is 5.21. The van der Waals surface area contributed by atoms with E-state index in [9.17, 15) is 23.1 Å². The van der Waals surface area contributed by atoms with E-state index in [2.05, 4.69) is 0 Å². The monoisotopic (exact) mass is 261 g/mol. The van der Waals surface area contributed by atoms with Crippen LogP contribution in [-0.2, 0) is 13.0 Å². The first-order valence-electron chi connectivity index (χ1n) is 5.21. The molecule has 1 amide bonds. The molecule has 2 N–H and O–H groups in total. The van der Waals surface area contributed by atoms with Gasteiger partial charge in [0.25, 0.3) is 6.43 Å². The summed E-state index contributed by atoms with van der Waals surface area (Å²) in [6.45, 7) is -0.178. The summed E-state index contributed by atoms with van der Waals surface area (Å²) in [6.07, 6.45) is -4.24. The lowest BCUT2D eigenvalue weighted by molar-refractivity contribution is 0.136. The van der Waals surface area contributed by atoms with Crippen LogP contribution in [0.5, 0.6) is 5.75 Å². The topological polar surface area (TPSA) is 60.8 Å². The van der Waals surface area contributed by atoms with Crippen LogP contribution in [0.1, 0.15) is 23.1 Å². The zero-order valence-corrected chi connectivity index (χ0v) is 9.16. The van der Waals surface area contributed by atoms with E-state index < -0.39 is 29.6 Å². The van der Waals surface area contributed by atoms with Crippen molar-refractivity contribution in [2.45, 2.75) is 19.4 Å². The quantitative estimate of drug-likeness (QED) is 0.816. The third-order valence-corrected chi connectivity index (χ3v) is 2.97. The Morgan fingerprint density at radius 1 is 1.39 bits per heavy atom. The van der Waals surface area contributed by atoms with Crippen LogP contribution in [0.15, 0.2) is 6.07 Å². The molecule has 0 saturated carbocycles. The van der Waals surface area contributed by atoms with Gasteiger partial charge in [0.1, 0.15) is 11.6 Å². The Labute approximate surface area is 100 Å². The van der Waals surface area contributed by atoms with Gasteiger partial charge in [-0.3, -0.25) is 0 Å². The van der Waals surface area contributed by atoms with Crippen LogP contribution in [0.3, 0.4) is 0 Å². The molecule has 0 bridgehead atoms. The molecule has 0 fully saturated rings. The zero-order valence-electron chi connectivity index (χ0n) is 9.16. The van der Waals surface area contributed by atoms with Crippen LogP contribution in [0, 0.1) is 5.82 Å². The predicted molar refractivity (Wildman–Crippen MR) is 55.2 cm³/mol. The molecule has 2 rings (SSSR count). The fourth-order valence-electron chi connectivity index (χ4n) is 2.03. The minimum Gasteiger partial charge on any atom is -0.508 e. The van der Waals surface area contributed by atoms with Crippen molar-refractivity contribution in [1.82, 2.24) is 4.90 Å². The van der Waals surface area contributed by atoms with Crippen molar-refractivity contribution in [3.63, 3.8) is 0 Å². The van der Waals surface area contributed by atoms with Crippen molar-refractivity contribution in [2.24, 2.45) is 0 Å². The summed E-state index contributed by atoms with van der Waals surface area (Å²) in [5.41, 5.74) is -0.816. The van der Waals surface area contributed by atoms with Gasteiger partial charge in [-0.1, -0.05) is 0 Å². The van der Waals surface area contributed by atoms with E-state index in [1.165, 1.54) is 0 Å². The van der Waals surface area contributed by atoms with Crippen molar-refractivity contribution in [1.29, 1.82) is 0 Å². The maximum absolute atomic E-state index is 13.8. The number of aromatic hydroxyl groups is 1. The highest BCUT2D eigenvalue weighted by Gasteiger charge is 2.28. The van der Waals surface area contributed by atoms with Crippen molar-refractivity contribution in [2.75, 3.05) is 6.54 Å². The van der Waals surface area contributed by atoms with Gasteiger partial charge in [-0.15, -0.1) is 0 Å². The average Bonchev–Trinajstić information content (AvgIpc) is 2.32. The number of phenols is 1. The largest absolute Gasteiger partial charge is 0.508 e. The highest BCUT2D eigenvalue weighted by Crippen LogP contribution is 2.35. The summed E-state index contributed by atoms with van der Waals surface area (Å²) in [6, 6.07) is 0.657. The number of alkyl halides is 2. The smallest absolute Gasteiger partial charge is 0.407 e. The van der Waals surface area contributed by atoms with E-state index in [0.29, 0.717) is 6.07 Å². The van der Waals surface area contributed by atoms with Crippen LogP contribution < -0.4 is 0 Å². The summed E-state index contributed by atoms with van der Waals surface area (Å²) in [5.74, 6) is -1.55. The first-order chi connectivity index (χ1) is 8.41. The molecule has 1 aliphatic rings. The van der Waals surface area contributed by atoms with E-state index in [1.807, 2.05) is 0 Å². The minimum atomic E-state index is -3.02. The molecular formula is C11H10F3NO3. The second-order valence-electron chi connectivity index (χ2n) is 4.01. The first kappa shape index (κ1) is 12.5. The van der Waals surface area contributed by atoms with Crippen LogP contribution in [-0.4, -0.2) is 27.8 Å². The number of halogens is 3. The Morgan fingerprint density at radius 3 is 2.61 bits per heavy atom. The molecule has 0 radical (unpaired) electrons. The van der Waals surface area contributed by atoms with E-state index >= 15 is 0 Å². The number of hydrogen-bond acceptors (Lipinski definition) is 2. The molecule has 4 nitrogen and oxygen atoms in total. The molecule has 18 heavy (non-hydrogen) atoms. The molecule has 1 aromatic carbocycles. The summed E-state index contributed by atoms with van der Waals surface area (Å²) < 4.78 is 38.8. The zero-order chi connectivity index (χ0) is 13.4. The lowest BCUT2D eigenvalue weighted by Crippen LogP contribution is -2.35. The number of nitrogens with zero attached hydrogens (tertiary/aromatic N) is 1. The fraction of sp³-hybridized carbons (Fsp3) is 0.364. The number of fused-ring (bicyclic) bond motifs is 1. The minimum absolute atomic E-state index is 0.0192. The van der Waals surface area contributed by atoms with Crippen LogP contribution >= 0.6 is 0 Å². The van der Waals surface area contributed by atoms with Crippen LogP contribution in [0.4, 0.5) is 18.0 Å². The lowest BCUT2D eigenvalue weighted by atomic mass is 9.95. The van der Waals surface area contributed by atoms with E-state index in [0.717, 1.165) is 4.90 Å². The van der Waals surface area contributed by atoms with Crippen LogP contribution in [0.25, 0.3) is 0 Å². The fourth-order valence-corrected chi connectivity index (χ4v) is 2.03. The van der Waals surface area contributed by atoms with Gasteiger partial charge in [-0.25, -0.2) is 18.0 Å². The Balaban J connectivity index is 2.48. The maximum Gasteiger partial charge on any atom is 0.407 e. The van der Waals surface area contributed by atoms with Crippen LogP contribution in [0.2, 0.25) is 0 Å². The van der Waals surface area contributed by atoms with Gasteiger partial charge >= 0.3 is 6.09 Å². The summed E-state index contributed by atoms with van der Waals surface area (Å²) in [4.78, 5) is 11.8. The predicted octanol–water partition coefficient (Wildman–Crippen LogP) is 2.51. The van der Waals surface area contributed by atoms with Gasteiger partial charge in [0.2, 0.25) is 0 Å². The third kappa shape index (κ3) is 1.96. The Morgan fingerprint density at radius 2 is 2.06 bits per heavy atom. The standard InChI is InChI=1S/C11H10F3NO3/c12-9-5-1-2-15(11(17)18)4-7(5)8(16)3-6(9)10(13)14/h3,10,16H,1-2,4H2,(H,17,18). The van der Waals surface area contributed by atoms with Crippen molar-refractivity contribution in [3.8, 4) is 5.75 Å². The van der Waals surface area contributed by atoms with Gasteiger partial charge in [-0.05, 0) is 18.1 Å². The normalized spacial score (nSPS) is 14.8. The number of carboxylic acid groups (broad SMARTS) is 1. The highest BCUT2D eigenvalue weighted by atomic mass is 19.3. The van der Waals surface area contributed by atoms with Crippen molar-refractivity contribution in [3.05, 3.63) is 28.6 Å². The van der Waals surface area contributed by atoms with Crippen molar-refractivity contribution < 1.29 is 28.2 Å². The number of amides is 1. The van der Waals surface area contributed by atoms with Crippen molar-refractivity contribution >= 4 is 6.09 Å². The molecule has 0 unspecified atom stereocenters. The molecule has 1 heterocycles. The highest BCUT2D eigenvalue weighted by molar-refractivity contribution is 5.66. The Hall–Kier alpha value is -1.92. The molecular weight excluding hydrogens is 251 g/mol. The maximum atomic E-state index is 13.8. The average molecular weight is 261 g/mol. The number of phenolic OH excluding ortho intramolecular Hbond substituents is 1. The summed E-state index contributed by atoms with van der Waals surface area (Å²) >= 11 is 0. The molecule has 0 spiro atoms. The molecule has 98 valence electrons. The third-order valence-electron chi connectivity index (χ3n) is 2.97. The second kappa shape index (κ2) is 4.40. The van der Waals surface area contributed by atoms with Gasteiger partial charge in [0.05, 0.1) is 12.1 Å².